The Kier molecular flexibility index (Phi) is 2.64. The SMILES string of the molecule is CCOc1nc(N)nc2c1[nH]c[n+]2C(C)C. The molecule has 86 valence electrons. The summed E-state index contributed by atoms with van der Waals surface area (Å²) in [5, 5.41) is 0. The zero-order chi connectivity index (χ0) is 11.7. The summed E-state index contributed by atoms with van der Waals surface area (Å²) < 4.78 is 7.41. The molecule has 0 amide bonds. The summed E-state index contributed by atoms with van der Waals surface area (Å²) in [7, 11) is 0. The van der Waals surface area contributed by atoms with Gasteiger partial charge in [0.25, 0.3) is 5.88 Å². The van der Waals surface area contributed by atoms with Crippen molar-refractivity contribution in [3.05, 3.63) is 6.33 Å². The van der Waals surface area contributed by atoms with E-state index in [1.165, 1.54) is 0 Å². The van der Waals surface area contributed by atoms with Gasteiger partial charge in [0, 0.05) is 0 Å². The van der Waals surface area contributed by atoms with Gasteiger partial charge in [-0.05, 0) is 20.8 Å². The summed E-state index contributed by atoms with van der Waals surface area (Å²) in [6.07, 6.45) is 1.85. The van der Waals surface area contributed by atoms with Crippen LogP contribution in [-0.2, 0) is 0 Å². The maximum absolute atomic E-state index is 5.65. The molecule has 0 aliphatic carbocycles. The van der Waals surface area contributed by atoms with Crippen molar-refractivity contribution in [2.75, 3.05) is 12.3 Å². The molecule has 2 aromatic rings. The van der Waals surface area contributed by atoms with Crippen molar-refractivity contribution in [3.8, 4) is 5.88 Å². The molecule has 0 fully saturated rings. The topological polar surface area (TPSA) is 80.7 Å². The Morgan fingerprint density at radius 2 is 2.25 bits per heavy atom. The van der Waals surface area contributed by atoms with Crippen LogP contribution in [0.3, 0.4) is 0 Å². The lowest BCUT2D eigenvalue weighted by Gasteiger charge is -2.02. The number of ether oxygens (including phenoxy) is 1. The van der Waals surface area contributed by atoms with Gasteiger partial charge in [0.15, 0.2) is 6.33 Å². The Morgan fingerprint density at radius 1 is 1.50 bits per heavy atom. The zero-order valence-corrected chi connectivity index (χ0v) is 9.69. The van der Waals surface area contributed by atoms with Gasteiger partial charge in [-0.3, -0.25) is 4.98 Å². The summed E-state index contributed by atoms with van der Waals surface area (Å²) in [6.45, 7) is 6.60. The molecule has 0 saturated heterocycles. The van der Waals surface area contributed by atoms with E-state index in [1.54, 1.807) is 0 Å². The van der Waals surface area contributed by atoms with Crippen LogP contribution in [-0.4, -0.2) is 21.6 Å². The number of nitrogens with two attached hydrogens (primary N) is 1. The highest BCUT2D eigenvalue weighted by atomic mass is 16.5. The van der Waals surface area contributed by atoms with Gasteiger partial charge in [0.05, 0.1) is 12.6 Å². The third kappa shape index (κ3) is 1.66. The number of hydrogen-bond donors (Lipinski definition) is 2. The number of nitrogens with zero attached hydrogens (tertiary/aromatic N) is 3. The number of nitrogens with one attached hydrogen (secondary N) is 1. The third-order valence-electron chi connectivity index (χ3n) is 2.30. The number of aromatic amines is 1. The minimum atomic E-state index is 0.227. The van der Waals surface area contributed by atoms with Gasteiger partial charge >= 0.3 is 11.6 Å². The van der Waals surface area contributed by atoms with Crippen molar-refractivity contribution in [2.45, 2.75) is 26.8 Å². The van der Waals surface area contributed by atoms with E-state index in [0.717, 1.165) is 11.2 Å². The molecule has 0 spiro atoms. The van der Waals surface area contributed by atoms with Crippen LogP contribution in [0.5, 0.6) is 5.88 Å². The molecular weight excluding hydrogens is 206 g/mol. The molecule has 0 saturated carbocycles. The standard InChI is InChI=1S/C10H15N5O/c1-4-16-9-7-8(13-10(11)14-9)15(5-12-7)6(2)3/h5-6H,4H2,1-3H3,(H2,11,13,14)/p+1. The number of aromatic nitrogens is 4. The van der Waals surface area contributed by atoms with Gasteiger partial charge in [-0.1, -0.05) is 4.98 Å². The second-order valence-electron chi connectivity index (χ2n) is 3.79. The molecule has 2 heterocycles. The number of hydrogen-bond acceptors (Lipinski definition) is 4. The lowest BCUT2D eigenvalue weighted by atomic mass is 10.4. The summed E-state index contributed by atoms with van der Waals surface area (Å²) >= 11 is 0. The first-order chi connectivity index (χ1) is 7.63. The number of rotatable bonds is 3. The first kappa shape index (κ1) is 10.7. The third-order valence-corrected chi connectivity index (χ3v) is 2.30. The molecule has 3 N–H and O–H groups in total. The van der Waals surface area contributed by atoms with E-state index in [-0.39, 0.29) is 5.95 Å². The van der Waals surface area contributed by atoms with Crippen molar-refractivity contribution in [1.82, 2.24) is 15.0 Å². The molecule has 2 rings (SSSR count). The Bertz CT molecular complexity index is 505. The molecule has 0 aliphatic heterocycles. The normalized spacial score (nSPS) is 11.2. The maximum Gasteiger partial charge on any atom is 0.311 e. The number of nitrogen functional groups attached to an aromatic ring is 1. The van der Waals surface area contributed by atoms with E-state index in [0.29, 0.717) is 18.5 Å². The second-order valence-corrected chi connectivity index (χ2v) is 3.79. The van der Waals surface area contributed by atoms with Crippen molar-refractivity contribution >= 4 is 17.1 Å². The Balaban J connectivity index is 2.65. The highest BCUT2D eigenvalue weighted by molar-refractivity contribution is 5.73. The van der Waals surface area contributed by atoms with Gasteiger partial charge in [0.2, 0.25) is 5.52 Å². The fraction of sp³-hybridized carbons (Fsp3) is 0.500. The van der Waals surface area contributed by atoms with Crippen LogP contribution in [0, 0.1) is 0 Å². The van der Waals surface area contributed by atoms with Crippen LogP contribution in [0.1, 0.15) is 26.8 Å². The molecule has 0 atom stereocenters. The van der Waals surface area contributed by atoms with Gasteiger partial charge in [0.1, 0.15) is 0 Å². The highest BCUT2D eigenvalue weighted by Gasteiger charge is 2.20. The largest absolute Gasteiger partial charge is 0.475 e. The molecule has 2 aromatic heterocycles. The predicted octanol–water partition coefficient (Wildman–Crippen LogP) is 0.807. The van der Waals surface area contributed by atoms with Gasteiger partial charge in [-0.2, -0.15) is 4.98 Å². The van der Waals surface area contributed by atoms with Crippen molar-refractivity contribution in [2.24, 2.45) is 0 Å². The van der Waals surface area contributed by atoms with E-state index in [1.807, 2.05) is 17.8 Å². The Morgan fingerprint density at radius 3 is 2.88 bits per heavy atom. The van der Waals surface area contributed by atoms with Crippen LogP contribution in [0.4, 0.5) is 5.95 Å². The molecule has 0 aliphatic rings. The smallest absolute Gasteiger partial charge is 0.311 e. The Hall–Kier alpha value is -1.85. The molecule has 16 heavy (non-hydrogen) atoms. The fourth-order valence-corrected chi connectivity index (χ4v) is 1.59. The molecule has 0 aromatic carbocycles. The summed E-state index contributed by atoms with van der Waals surface area (Å²) in [4.78, 5) is 11.4. The predicted molar refractivity (Wildman–Crippen MR) is 60.1 cm³/mol. The van der Waals surface area contributed by atoms with Gasteiger partial charge in [-0.25, -0.2) is 4.57 Å². The van der Waals surface area contributed by atoms with Crippen molar-refractivity contribution < 1.29 is 9.30 Å². The van der Waals surface area contributed by atoms with E-state index in [9.17, 15) is 0 Å². The minimum Gasteiger partial charge on any atom is -0.475 e. The fourth-order valence-electron chi connectivity index (χ4n) is 1.59. The van der Waals surface area contributed by atoms with Crippen LogP contribution < -0.4 is 15.0 Å². The number of fused-ring (bicyclic) bond motifs is 1. The number of imidazole rings is 1. The first-order valence-electron chi connectivity index (χ1n) is 5.32. The number of H-pyrrole nitrogens is 1. The average molecular weight is 222 g/mol. The quantitative estimate of drug-likeness (QED) is 0.753. The van der Waals surface area contributed by atoms with Gasteiger partial charge in [-0.15, -0.1) is 0 Å². The van der Waals surface area contributed by atoms with Crippen molar-refractivity contribution in [1.29, 1.82) is 0 Å². The molecule has 6 heteroatoms. The second kappa shape index (κ2) is 3.96. The zero-order valence-electron chi connectivity index (χ0n) is 9.69. The summed E-state index contributed by atoms with van der Waals surface area (Å²) in [6, 6.07) is 0.303. The first-order valence-corrected chi connectivity index (χ1v) is 5.32. The average Bonchev–Trinajstić information content (AvgIpc) is 2.61. The molecular formula is C10H16N5O+. The van der Waals surface area contributed by atoms with E-state index in [4.69, 9.17) is 10.5 Å². The molecule has 0 radical (unpaired) electrons. The molecule has 6 nitrogen and oxygen atoms in total. The van der Waals surface area contributed by atoms with E-state index in [2.05, 4.69) is 28.8 Å². The van der Waals surface area contributed by atoms with Crippen LogP contribution >= 0.6 is 0 Å². The monoisotopic (exact) mass is 222 g/mol. The summed E-state index contributed by atoms with van der Waals surface area (Å²) in [5.41, 5.74) is 7.21. The highest BCUT2D eigenvalue weighted by Crippen LogP contribution is 2.19. The van der Waals surface area contributed by atoms with Crippen LogP contribution in [0.15, 0.2) is 6.33 Å². The Labute approximate surface area is 93.5 Å². The maximum atomic E-state index is 5.65. The van der Waals surface area contributed by atoms with Crippen molar-refractivity contribution in [3.63, 3.8) is 0 Å². The van der Waals surface area contributed by atoms with E-state index >= 15 is 0 Å². The lowest BCUT2D eigenvalue weighted by Crippen LogP contribution is -2.35. The van der Waals surface area contributed by atoms with Crippen LogP contribution in [0.2, 0.25) is 0 Å². The lowest BCUT2D eigenvalue weighted by molar-refractivity contribution is -0.692. The minimum absolute atomic E-state index is 0.227. The van der Waals surface area contributed by atoms with E-state index < -0.39 is 0 Å². The molecule has 0 unspecified atom stereocenters. The number of anilines is 1. The molecule has 0 bridgehead atoms. The van der Waals surface area contributed by atoms with Crippen LogP contribution in [0.25, 0.3) is 11.2 Å². The summed E-state index contributed by atoms with van der Waals surface area (Å²) in [5.74, 6) is 0.731. The van der Waals surface area contributed by atoms with Gasteiger partial charge < -0.3 is 10.5 Å².